The maximum absolute atomic E-state index is 12.5. The summed E-state index contributed by atoms with van der Waals surface area (Å²) in [6.45, 7) is 0.0865. The average molecular weight is 520 g/mol. The molecule has 1 heterocycles. The highest BCUT2D eigenvalue weighted by molar-refractivity contribution is 5.96. The number of ether oxygens (including phenoxy) is 2. The van der Waals surface area contributed by atoms with Crippen molar-refractivity contribution in [2.75, 3.05) is 13.2 Å². The largest absolute Gasteiger partial charge is 0.482 e. The van der Waals surface area contributed by atoms with Gasteiger partial charge in [-0.05, 0) is 53.4 Å². The molecule has 0 fully saturated rings. The number of hydrogen-bond acceptors (Lipinski definition) is 6. The van der Waals surface area contributed by atoms with Crippen LogP contribution in [0.4, 0.5) is 0 Å². The number of carbonyl (C=O) groups excluding carboxylic acids is 2. The third kappa shape index (κ3) is 6.59. The predicted molar refractivity (Wildman–Crippen MR) is 148 cm³/mol. The molecule has 1 amide bonds. The molecule has 0 atom stereocenters. The van der Waals surface area contributed by atoms with Gasteiger partial charge in [0, 0.05) is 18.0 Å². The first-order chi connectivity index (χ1) is 19.0. The van der Waals surface area contributed by atoms with E-state index in [4.69, 9.17) is 13.9 Å². The van der Waals surface area contributed by atoms with Crippen LogP contribution in [-0.4, -0.2) is 25.0 Å². The van der Waals surface area contributed by atoms with Crippen LogP contribution < -0.4 is 20.4 Å². The maximum atomic E-state index is 12.5. The first kappa shape index (κ1) is 25.5. The lowest BCUT2D eigenvalue weighted by atomic mass is 10.1. The third-order valence-corrected chi connectivity index (χ3v) is 6.04. The van der Waals surface area contributed by atoms with Crippen LogP contribution in [0.3, 0.4) is 0 Å². The van der Waals surface area contributed by atoms with Crippen molar-refractivity contribution in [3.8, 4) is 22.6 Å². The summed E-state index contributed by atoms with van der Waals surface area (Å²) in [4.78, 5) is 37.3. The minimum atomic E-state index is -0.773. The molecule has 7 nitrogen and oxygen atoms in total. The molecule has 1 aromatic heterocycles. The van der Waals surface area contributed by atoms with E-state index in [-0.39, 0.29) is 23.5 Å². The van der Waals surface area contributed by atoms with E-state index in [1.165, 1.54) is 12.1 Å². The van der Waals surface area contributed by atoms with Gasteiger partial charge >= 0.3 is 11.6 Å². The first-order valence-corrected chi connectivity index (χ1v) is 12.4. The third-order valence-electron chi connectivity index (χ3n) is 6.04. The van der Waals surface area contributed by atoms with Crippen molar-refractivity contribution in [1.82, 2.24) is 5.32 Å². The number of rotatable bonds is 9. The predicted octanol–water partition coefficient (Wildman–Crippen LogP) is 5.42. The standard InChI is InChI=1S/C32H25NO6/c34-30(21-37-26-14-11-24(12-15-26)23-9-5-2-6-10-23)38-27-16-13-25-19-28(32(36)39-29(25)20-27)31(35)33-18-17-22-7-3-1-4-8-22/h1-16,19-20H,17-18,21H2,(H,33,35). The van der Waals surface area contributed by atoms with Crippen LogP contribution in [0.5, 0.6) is 11.5 Å². The van der Waals surface area contributed by atoms with Gasteiger partial charge in [-0.3, -0.25) is 4.79 Å². The van der Waals surface area contributed by atoms with Gasteiger partial charge in [-0.25, -0.2) is 9.59 Å². The van der Waals surface area contributed by atoms with E-state index in [0.29, 0.717) is 24.1 Å². The molecule has 194 valence electrons. The lowest BCUT2D eigenvalue weighted by molar-refractivity contribution is -0.136. The second-order valence-corrected chi connectivity index (χ2v) is 8.79. The van der Waals surface area contributed by atoms with Crippen molar-refractivity contribution >= 4 is 22.8 Å². The Hall–Kier alpha value is -5.17. The molecular formula is C32H25NO6. The van der Waals surface area contributed by atoms with Crippen LogP contribution >= 0.6 is 0 Å². The molecule has 5 rings (SSSR count). The smallest absolute Gasteiger partial charge is 0.349 e. The van der Waals surface area contributed by atoms with E-state index < -0.39 is 17.5 Å². The summed E-state index contributed by atoms with van der Waals surface area (Å²) in [6, 6.07) is 33.1. The summed E-state index contributed by atoms with van der Waals surface area (Å²) in [5, 5.41) is 3.27. The Kier molecular flexibility index (Phi) is 7.79. The number of nitrogens with one attached hydrogen (secondary N) is 1. The van der Waals surface area contributed by atoms with Gasteiger partial charge in [0.2, 0.25) is 0 Å². The Bertz CT molecular complexity index is 1640. The summed E-state index contributed by atoms with van der Waals surface area (Å²) in [5.74, 6) is -0.395. The molecule has 0 saturated carbocycles. The van der Waals surface area contributed by atoms with E-state index in [0.717, 1.165) is 16.7 Å². The van der Waals surface area contributed by atoms with Crippen molar-refractivity contribution in [3.63, 3.8) is 0 Å². The highest BCUT2D eigenvalue weighted by atomic mass is 16.6. The van der Waals surface area contributed by atoms with Crippen molar-refractivity contribution in [2.24, 2.45) is 0 Å². The molecule has 0 bridgehead atoms. The monoisotopic (exact) mass is 519 g/mol. The molecule has 0 aliphatic rings. The fourth-order valence-corrected chi connectivity index (χ4v) is 4.05. The van der Waals surface area contributed by atoms with E-state index in [2.05, 4.69) is 5.32 Å². The number of amides is 1. The molecule has 0 radical (unpaired) electrons. The van der Waals surface area contributed by atoms with Gasteiger partial charge < -0.3 is 19.2 Å². The van der Waals surface area contributed by atoms with Crippen molar-refractivity contribution in [2.45, 2.75) is 6.42 Å². The van der Waals surface area contributed by atoms with E-state index >= 15 is 0 Å². The maximum Gasteiger partial charge on any atom is 0.349 e. The Morgan fingerprint density at radius 3 is 2.15 bits per heavy atom. The summed E-state index contributed by atoms with van der Waals surface area (Å²) in [5.41, 5.74) is 2.54. The van der Waals surface area contributed by atoms with Crippen LogP contribution in [0.1, 0.15) is 15.9 Å². The zero-order valence-corrected chi connectivity index (χ0v) is 21.0. The van der Waals surface area contributed by atoms with Crippen LogP contribution in [0, 0.1) is 0 Å². The van der Waals surface area contributed by atoms with Crippen LogP contribution in [-0.2, 0) is 11.2 Å². The summed E-state index contributed by atoms with van der Waals surface area (Å²) in [6.07, 6.45) is 0.642. The van der Waals surface area contributed by atoms with E-state index in [9.17, 15) is 14.4 Å². The molecule has 0 saturated heterocycles. The van der Waals surface area contributed by atoms with E-state index in [1.54, 1.807) is 24.3 Å². The number of esters is 1. The molecule has 0 aliphatic carbocycles. The Balaban J connectivity index is 1.17. The molecule has 39 heavy (non-hydrogen) atoms. The molecular weight excluding hydrogens is 494 g/mol. The van der Waals surface area contributed by atoms with Gasteiger partial charge in [0.25, 0.3) is 5.91 Å². The van der Waals surface area contributed by atoms with Crippen LogP contribution in [0.25, 0.3) is 22.1 Å². The SMILES string of the molecule is O=C(COc1ccc(-c2ccccc2)cc1)Oc1ccc2cc(C(=O)NCCc3ccccc3)c(=O)oc2c1. The van der Waals surface area contributed by atoms with Crippen molar-refractivity contribution in [1.29, 1.82) is 0 Å². The zero-order chi connectivity index (χ0) is 27.0. The van der Waals surface area contributed by atoms with Crippen LogP contribution in [0.2, 0.25) is 0 Å². The summed E-state index contributed by atoms with van der Waals surface area (Å²) >= 11 is 0. The molecule has 0 aliphatic heterocycles. The van der Waals surface area contributed by atoms with Gasteiger partial charge in [-0.2, -0.15) is 0 Å². The molecule has 0 unspecified atom stereocenters. The van der Waals surface area contributed by atoms with Gasteiger partial charge in [0.1, 0.15) is 22.6 Å². The quantitative estimate of drug-likeness (QED) is 0.159. The molecule has 5 aromatic rings. The van der Waals surface area contributed by atoms with Gasteiger partial charge in [-0.1, -0.05) is 72.8 Å². The first-order valence-electron chi connectivity index (χ1n) is 12.4. The Morgan fingerprint density at radius 1 is 0.744 bits per heavy atom. The lowest BCUT2D eigenvalue weighted by Crippen LogP contribution is -2.29. The summed E-state index contributed by atoms with van der Waals surface area (Å²) in [7, 11) is 0. The number of fused-ring (bicyclic) bond motifs is 1. The molecule has 0 spiro atoms. The van der Waals surface area contributed by atoms with Crippen molar-refractivity contribution < 1.29 is 23.5 Å². The fourth-order valence-electron chi connectivity index (χ4n) is 4.05. The zero-order valence-electron chi connectivity index (χ0n) is 21.0. The lowest BCUT2D eigenvalue weighted by Gasteiger charge is -2.09. The van der Waals surface area contributed by atoms with Gasteiger partial charge in [-0.15, -0.1) is 0 Å². The number of benzene rings is 4. The van der Waals surface area contributed by atoms with Crippen molar-refractivity contribution in [3.05, 3.63) is 131 Å². The minimum Gasteiger partial charge on any atom is -0.482 e. The minimum absolute atomic E-state index is 0.0908. The Morgan fingerprint density at radius 2 is 1.41 bits per heavy atom. The second kappa shape index (κ2) is 11.9. The van der Waals surface area contributed by atoms with Gasteiger partial charge in [0.15, 0.2) is 6.61 Å². The molecule has 1 N–H and O–H groups in total. The molecule has 4 aromatic carbocycles. The van der Waals surface area contributed by atoms with Gasteiger partial charge in [0.05, 0.1) is 0 Å². The molecule has 7 heteroatoms. The highest BCUT2D eigenvalue weighted by Crippen LogP contribution is 2.23. The topological polar surface area (TPSA) is 94.8 Å². The van der Waals surface area contributed by atoms with E-state index in [1.807, 2.05) is 72.8 Å². The van der Waals surface area contributed by atoms with Crippen LogP contribution in [0.15, 0.2) is 118 Å². The normalized spacial score (nSPS) is 10.7. The average Bonchev–Trinajstić information content (AvgIpc) is 2.97. The second-order valence-electron chi connectivity index (χ2n) is 8.79. The number of carbonyl (C=O) groups is 2. The summed E-state index contributed by atoms with van der Waals surface area (Å²) < 4.78 is 16.2. The highest BCUT2D eigenvalue weighted by Gasteiger charge is 2.15. The fraction of sp³-hybridized carbons (Fsp3) is 0.0938. The Labute approximate surface area is 224 Å². The number of hydrogen-bond donors (Lipinski definition) is 1.